The number of benzene rings is 3. The zero-order valence-corrected chi connectivity index (χ0v) is 48.9. The summed E-state index contributed by atoms with van der Waals surface area (Å²) in [7, 11) is 0. The molecule has 3 aromatic carbocycles. The Kier molecular flexibility index (Phi) is 14.9. The number of unbranched alkanes of at least 4 members (excludes halogenated alkanes) is 12. The first-order valence-electron chi connectivity index (χ1n) is 27.6. The third-order valence-electron chi connectivity index (χ3n) is 16.7. The van der Waals surface area contributed by atoms with Gasteiger partial charge in [0.1, 0.15) is 22.1 Å². The summed E-state index contributed by atoms with van der Waals surface area (Å²) in [4.78, 5) is 8.28. The van der Waals surface area contributed by atoms with Crippen LogP contribution >= 0.6 is 68.8 Å². The van der Waals surface area contributed by atoms with Crippen LogP contribution in [-0.4, -0.2) is 17.5 Å². The highest BCUT2D eigenvalue weighted by molar-refractivity contribution is 7.33. The molecule has 2 aliphatic carbocycles. The minimum atomic E-state index is -0.129. The van der Waals surface area contributed by atoms with Crippen LogP contribution in [0.4, 0.5) is 0 Å². The van der Waals surface area contributed by atoms with E-state index in [1.165, 1.54) is 233 Å². The summed E-state index contributed by atoms with van der Waals surface area (Å²) in [6.07, 6.45) is 24.8. The molecule has 6 aromatic heterocycles. The molecule has 9 aromatic rings. The van der Waals surface area contributed by atoms with Crippen LogP contribution in [0.3, 0.4) is 0 Å². The number of fused-ring (bicyclic) bond motifs is 11. The highest BCUT2D eigenvalue weighted by Crippen LogP contribution is 2.64. The fourth-order valence-corrected chi connectivity index (χ4v) is 19.3. The third-order valence-corrected chi connectivity index (χ3v) is 22.9. The largest absolute Gasteiger partial charge is 0.173 e. The van der Waals surface area contributed by atoms with Crippen molar-refractivity contribution in [2.24, 2.45) is 0 Å². The van der Waals surface area contributed by atoms with E-state index in [0.717, 1.165) is 34.9 Å². The van der Waals surface area contributed by atoms with Gasteiger partial charge >= 0.3 is 0 Å². The quantitative estimate of drug-likeness (QED) is 0.0599. The molecule has 4 nitrogen and oxygen atoms in total. The van der Waals surface area contributed by atoms with Gasteiger partial charge in [-0.2, -0.15) is 17.5 Å². The molecule has 376 valence electrons. The molecule has 0 fully saturated rings. The topological polar surface area (TPSA) is 51.6 Å². The average Bonchev–Trinajstić information content (AvgIpc) is 4.25. The van der Waals surface area contributed by atoms with Crippen LogP contribution in [0.5, 0.6) is 0 Å². The SMILES string of the molecule is CCCCCCC1(CCCCCC)c2cc3c(cc2-c2c1cc(C)c1nsnc21)C(CCCCCC)(CCCCCC)c1cc(-c2cc(C)c(-c4cc5sc(-c6sc(C)cc6C)cc5s4)s2)c2nsnc2c1-3. The summed E-state index contributed by atoms with van der Waals surface area (Å²) in [5, 5.41) is 0. The highest BCUT2D eigenvalue weighted by atomic mass is 32.1. The van der Waals surface area contributed by atoms with Crippen LogP contribution in [0.25, 0.3) is 83.7 Å². The van der Waals surface area contributed by atoms with E-state index >= 15 is 0 Å². The zero-order valence-electron chi connectivity index (χ0n) is 44.0. The van der Waals surface area contributed by atoms with Crippen molar-refractivity contribution in [1.82, 2.24) is 17.5 Å². The summed E-state index contributed by atoms with van der Waals surface area (Å²) >= 11 is 10.6. The Labute approximate surface area is 453 Å². The first-order chi connectivity index (χ1) is 35.1. The van der Waals surface area contributed by atoms with Gasteiger partial charge in [0.25, 0.3) is 0 Å². The Morgan fingerprint density at radius 1 is 0.361 bits per heavy atom. The van der Waals surface area contributed by atoms with Gasteiger partial charge in [0, 0.05) is 66.2 Å². The Morgan fingerprint density at radius 2 is 0.792 bits per heavy atom. The molecule has 0 spiro atoms. The molecule has 2 aliphatic rings. The van der Waals surface area contributed by atoms with E-state index in [4.69, 9.17) is 17.5 Å². The van der Waals surface area contributed by atoms with E-state index < -0.39 is 0 Å². The van der Waals surface area contributed by atoms with Crippen molar-refractivity contribution >= 4 is 100 Å². The van der Waals surface area contributed by atoms with Gasteiger partial charge in [0.15, 0.2) is 0 Å². The van der Waals surface area contributed by atoms with Crippen molar-refractivity contribution in [3.63, 3.8) is 0 Å². The van der Waals surface area contributed by atoms with Gasteiger partial charge in [0.05, 0.1) is 23.5 Å². The smallest absolute Gasteiger partial charge is 0.114 e. The standard InChI is InChI=1S/C62H72N4S6/c1-9-13-17-21-25-61(26-22-18-14-10-2)44-33-42-45(32-41(44)53-46(61)30-37(5)55-57(53)65-71-63-55)62(27-23-19-15-11-3,28-24-20-16-12-4)47-34-43(56-58(54(42)47)66-72-64-56)48-31-39(7)60(70-48)52-36-50-49(69-52)35-51(68-50)59-38(6)29-40(8)67-59/h29-36H,9-28H2,1-8H3. The second kappa shape index (κ2) is 21.2. The van der Waals surface area contributed by atoms with Crippen molar-refractivity contribution in [2.45, 2.75) is 195 Å². The predicted molar refractivity (Wildman–Crippen MR) is 320 cm³/mol. The molecule has 10 heteroatoms. The van der Waals surface area contributed by atoms with Crippen molar-refractivity contribution < 1.29 is 0 Å². The van der Waals surface area contributed by atoms with Gasteiger partial charge in [-0.15, -0.1) is 45.3 Å². The number of aromatic nitrogens is 4. The normalized spacial score (nSPS) is 14.3. The van der Waals surface area contributed by atoms with E-state index in [-0.39, 0.29) is 10.8 Å². The highest BCUT2D eigenvalue weighted by Gasteiger charge is 2.50. The number of rotatable bonds is 23. The minimum absolute atomic E-state index is 0.0680. The first kappa shape index (κ1) is 50.5. The molecular formula is C62H72N4S6. The Morgan fingerprint density at radius 3 is 1.28 bits per heavy atom. The lowest BCUT2D eigenvalue weighted by molar-refractivity contribution is 0.397. The summed E-state index contributed by atoms with van der Waals surface area (Å²) in [5.41, 5.74) is 21.3. The fraction of sp³-hybridized carbons (Fsp3) is 0.484. The van der Waals surface area contributed by atoms with Crippen LogP contribution in [0.1, 0.15) is 200 Å². The summed E-state index contributed by atoms with van der Waals surface area (Å²) in [6.45, 7) is 18.5. The minimum Gasteiger partial charge on any atom is -0.173 e. The van der Waals surface area contributed by atoms with Crippen LogP contribution in [0, 0.1) is 27.7 Å². The molecule has 0 aliphatic heterocycles. The molecule has 0 atom stereocenters. The Bertz CT molecular complexity index is 3350. The molecule has 0 bridgehead atoms. The second-order valence-electron chi connectivity index (χ2n) is 21.7. The monoisotopic (exact) mass is 1060 g/mol. The van der Waals surface area contributed by atoms with Gasteiger partial charge < -0.3 is 0 Å². The summed E-state index contributed by atoms with van der Waals surface area (Å²) in [5.74, 6) is 0. The molecule has 0 saturated carbocycles. The van der Waals surface area contributed by atoms with Gasteiger partial charge in [-0.1, -0.05) is 136 Å². The van der Waals surface area contributed by atoms with Gasteiger partial charge in [0.2, 0.25) is 0 Å². The summed E-state index contributed by atoms with van der Waals surface area (Å²) < 4.78 is 23.6. The third kappa shape index (κ3) is 8.71. The van der Waals surface area contributed by atoms with Crippen LogP contribution in [0.15, 0.2) is 48.5 Å². The van der Waals surface area contributed by atoms with Crippen LogP contribution < -0.4 is 0 Å². The molecular weight excluding hydrogens is 993 g/mol. The maximum Gasteiger partial charge on any atom is 0.114 e. The number of hydrogen-bond acceptors (Lipinski definition) is 10. The molecule has 0 N–H and O–H groups in total. The van der Waals surface area contributed by atoms with Crippen molar-refractivity contribution in [1.29, 1.82) is 0 Å². The van der Waals surface area contributed by atoms with Gasteiger partial charge in [-0.25, -0.2) is 0 Å². The number of thiophene rings is 4. The van der Waals surface area contributed by atoms with E-state index in [1.54, 1.807) is 11.1 Å². The van der Waals surface area contributed by atoms with Crippen LogP contribution in [0.2, 0.25) is 0 Å². The predicted octanol–water partition coefficient (Wildman–Crippen LogP) is 21.7. The van der Waals surface area contributed by atoms with E-state index in [2.05, 4.69) is 104 Å². The number of aryl methyl sites for hydroxylation is 4. The maximum atomic E-state index is 5.39. The molecule has 72 heavy (non-hydrogen) atoms. The molecule has 0 radical (unpaired) electrons. The van der Waals surface area contributed by atoms with E-state index in [9.17, 15) is 0 Å². The summed E-state index contributed by atoms with van der Waals surface area (Å²) in [6, 6.07) is 20.4. The molecule has 0 saturated heterocycles. The first-order valence-corrected chi connectivity index (χ1v) is 32.3. The van der Waals surface area contributed by atoms with Crippen LogP contribution in [-0.2, 0) is 10.8 Å². The molecule has 0 amide bonds. The average molecular weight is 1070 g/mol. The molecule has 6 heterocycles. The van der Waals surface area contributed by atoms with Gasteiger partial charge in [-0.3, -0.25) is 0 Å². The Hall–Kier alpha value is -3.64. The lowest BCUT2D eigenvalue weighted by Gasteiger charge is -2.35. The molecule has 11 rings (SSSR count). The number of nitrogens with zero attached hydrogens (tertiary/aromatic N) is 4. The van der Waals surface area contributed by atoms with E-state index in [0.29, 0.717) is 0 Å². The zero-order chi connectivity index (χ0) is 49.7. The second-order valence-corrected chi connectivity index (χ2v) is 27.2. The fourth-order valence-electron chi connectivity index (χ4n) is 13.2. The lowest BCUT2D eigenvalue weighted by Crippen LogP contribution is -2.27. The lowest BCUT2D eigenvalue weighted by atomic mass is 9.68. The number of hydrogen-bond donors (Lipinski definition) is 0. The van der Waals surface area contributed by atoms with E-state index in [1.807, 2.05) is 45.3 Å². The Balaban J connectivity index is 1.11. The van der Waals surface area contributed by atoms with Crippen molar-refractivity contribution in [3.05, 3.63) is 92.4 Å². The maximum absolute atomic E-state index is 5.39. The van der Waals surface area contributed by atoms with Crippen molar-refractivity contribution in [3.8, 4) is 52.2 Å². The van der Waals surface area contributed by atoms with Crippen molar-refractivity contribution in [2.75, 3.05) is 0 Å². The van der Waals surface area contributed by atoms with Gasteiger partial charge in [-0.05, 0) is 146 Å². The molecule has 0 unspecified atom stereocenters.